The molecular weight excluding hydrogens is 284 g/mol. The fourth-order valence-electron chi connectivity index (χ4n) is 2.25. The highest BCUT2D eigenvalue weighted by molar-refractivity contribution is 7.15. The number of aldehydes is 1. The van der Waals surface area contributed by atoms with E-state index in [1.165, 1.54) is 11.3 Å². The zero-order valence-electron chi connectivity index (χ0n) is 12.2. The van der Waals surface area contributed by atoms with Gasteiger partial charge in [0.25, 0.3) is 0 Å². The average molecular weight is 300 g/mol. The van der Waals surface area contributed by atoms with Crippen LogP contribution in [0.25, 0.3) is 4.96 Å². The smallest absolute Gasteiger partial charge is 0.250 e. The zero-order chi connectivity index (χ0) is 15.0. The number of hydrogen-bond acceptors (Lipinski definition) is 4. The number of rotatable bonds is 3. The van der Waals surface area contributed by atoms with Crippen molar-refractivity contribution in [3.05, 3.63) is 47.1 Å². The maximum atomic E-state index is 11.3. The lowest BCUT2D eigenvalue weighted by Gasteiger charge is -2.22. The number of imidazole rings is 1. The topological polar surface area (TPSA) is 43.6 Å². The minimum Gasteiger partial charge on any atom is -0.437 e. The Morgan fingerprint density at radius 1 is 1.29 bits per heavy atom. The molecule has 2 aromatic heterocycles. The lowest BCUT2D eigenvalue weighted by molar-refractivity contribution is 0.111. The average Bonchev–Trinajstić information content (AvgIpc) is 2.98. The molecule has 0 saturated heterocycles. The van der Waals surface area contributed by atoms with Crippen LogP contribution in [0.4, 0.5) is 0 Å². The molecule has 0 saturated carbocycles. The summed E-state index contributed by atoms with van der Waals surface area (Å²) in [4.78, 5) is 16.5. The second-order valence-corrected chi connectivity index (χ2v) is 6.70. The molecule has 0 unspecified atom stereocenters. The number of aromatic nitrogens is 2. The molecule has 0 aliphatic heterocycles. The van der Waals surface area contributed by atoms with Gasteiger partial charge in [0.05, 0.1) is 0 Å². The van der Waals surface area contributed by atoms with Gasteiger partial charge in [-0.15, -0.1) is 11.3 Å². The van der Waals surface area contributed by atoms with Crippen LogP contribution in [0.15, 0.2) is 35.8 Å². The predicted octanol–water partition coefficient (Wildman–Crippen LogP) is 4.30. The van der Waals surface area contributed by atoms with Crippen molar-refractivity contribution in [2.24, 2.45) is 0 Å². The number of thiazole rings is 1. The summed E-state index contributed by atoms with van der Waals surface area (Å²) < 4.78 is 7.69. The van der Waals surface area contributed by atoms with Gasteiger partial charge >= 0.3 is 0 Å². The summed E-state index contributed by atoms with van der Waals surface area (Å²) in [5, 5.41) is 1.89. The summed E-state index contributed by atoms with van der Waals surface area (Å²) in [5.41, 5.74) is 1.47. The fraction of sp³-hybridized carbons (Fsp3) is 0.250. The van der Waals surface area contributed by atoms with E-state index in [1.54, 1.807) is 4.40 Å². The van der Waals surface area contributed by atoms with Crippen LogP contribution in [0.2, 0.25) is 0 Å². The van der Waals surface area contributed by atoms with Gasteiger partial charge in [-0.05, 0) is 11.5 Å². The van der Waals surface area contributed by atoms with E-state index in [9.17, 15) is 4.79 Å². The lowest BCUT2D eigenvalue weighted by atomic mass is 9.86. The van der Waals surface area contributed by atoms with Crippen molar-refractivity contribution in [2.45, 2.75) is 26.2 Å². The van der Waals surface area contributed by atoms with Crippen molar-refractivity contribution in [3.8, 4) is 11.6 Å². The van der Waals surface area contributed by atoms with E-state index in [0.29, 0.717) is 11.6 Å². The molecular formula is C16H16N2O2S. The number of benzene rings is 1. The quantitative estimate of drug-likeness (QED) is 0.677. The van der Waals surface area contributed by atoms with Gasteiger partial charge in [0, 0.05) is 17.1 Å². The SMILES string of the molecule is CC(C)(C)c1ccccc1Oc1nc2sccn2c1C=O. The van der Waals surface area contributed by atoms with Gasteiger partial charge in [-0.3, -0.25) is 9.20 Å². The number of para-hydroxylation sites is 1. The molecule has 5 heteroatoms. The molecule has 0 spiro atoms. The normalized spacial score (nSPS) is 11.8. The molecule has 0 atom stereocenters. The molecule has 3 aromatic rings. The molecule has 0 radical (unpaired) electrons. The van der Waals surface area contributed by atoms with Crippen molar-refractivity contribution in [2.75, 3.05) is 0 Å². The van der Waals surface area contributed by atoms with E-state index in [2.05, 4.69) is 25.8 Å². The van der Waals surface area contributed by atoms with Crippen molar-refractivity contribution < 1.29 is 9.53 Å². The molecule has 0 bridgehead atoms. The Labute approximate surface area is 127 Å². The molecule has 1 aromatic carbocycles. The van der Waals surface area contributed by atoms with Crippen LogP contribution in [-0.2, 0) is 5.41 Å². The van der Waals surface area contributed by atoms with Gasteiger partial charge in [0.1, 0.15) is 5.75 Å². The summed E-state index contributed by atoms with van der Waals surface area (Å²) in [6, 6.07) is 7.85. The Balaban J connectivity index is 2.07. The molecule has 0 N–H and O–H groups in total. The van der Waals surface area contributed by atoms with E-state index in [1.807, 2.05) is 35.8 Å². The Bertz CT molecular complexity index is 796. The van der Waals surface area contributed by atoms with E-state index in [4.69, 9.17) is 4.74 Å². The third-order valence-corrected chi connectivity index (χ3v) is 4.04. The maximum absolute atomic E-state index is 11.3. The minimum atomic E-state index is -0.0466. The molecule has 0 aliphatic rings. The second kappa shape index (κ2) is 5.00. The summed E-state index contributed by atoms with van der Waals surface area (Å²) in [5.74, 6) is 1.09. The van der Waals surface area contributed by atoms with Crippen molar-refractivity contribution in [1.29, 1.82) is 0 Å². The lowest BCUT2D eigenvalue weighted by Crippen LogP contribution is -2.12. The summed E-state index contributed by atoms with van der Waals surface area (Å²) in [7, 11) is 0. The Hall–Kier alpha value is -2.14. The molecule has 0 aliphatic carbocycles. The standard InChI is InChI=1S/C16H16N2O2S/c1-16(2,3)11-6-4-5-7-13(11)20-14-12(10-19)18-8-9-21-15(18)17-14/h4-10H,1-3H3. The van der Waals surface area contributed by atoms with Crippen molar-refractivity contribution >= 4 is 22.6 Å². The molecule has 0 amide bonds. The van der Waals surface area contributed by atoms with Crippen LogP contribution in [0.1, 0.15) is 36.8 Å². The monoisotopic (exact) mass is 300 g/mol. The van der Waals surface area contributed by atoms with Crippen molar-refractivity contribution in [3.63, 3.8) is 0 Å². The van der Waals surface area contributed by atoms with Gasteiger partial charge < -0.3 is 4.74 Å². The van der Waals surface area contributed by atoms with Crippen LogP contribution in [-0.4, -0.2) is 15.7 Å². The first-order valence-corrected chi connectivity index (χ1v) is 7.57. The summed E-state index contributed by atoms with van der Waals surface area (Å²) in [6.45, 7) is 6.38. The number of ether oxygens (including phenoxy) is 1. The van der Waals surface area contributed by atoms with Crippen LogP contribution >= 0.6 is 11.3 Å². The number of hydrogen-bond donors (Lipinski definition) is 0. The molecule has 2 heterocycles. The number of carbonyl (C=O) groups is 1. The van der Waals surface area contributed by atoms with Gasteiger partial charge in [0.2, 0.25) is 5.88 Å². The van der Waals surface area contributed by atoms with Gasteiger partial charge in [-0.1, -0.05) is 39.0 Å². The van der Waals surface area contributed by atoms with Gasteiger partial charge in [0.15, 0.2) is 16.9 Å². The summed E-state index contributed by atoms with van der Waals surface area (Å²) in [6.07, 6.45) is 2.60. The molecule has 4 nitrogen and oxygen atoms in total. The molecule has 3 rings (SSSR count). The first-order valence-electron chi connectivity index (χ1n) is 6.69. The Kier molecular flexibility index (Phi) is 3.29. The Morgan fingerprint density at radius 2 is 2.05 bits per heavy atom. The maximum Gasteiger partial charge on any atom is 0.250 e. The van der Waals surface area contributed by atoms with Crippen LogP contribution < -0.4 is 4.74 Å². The first kappa shape index (κ1) is 13.8. The third kappa shape index (κ3) is 2.45. The van der Waals surface area contributed by atoms with E-state index >= 15 is 0 Å². The fourth-order valence-corrected chi connectivity index (χ4v) is 2.96. The van der Waals surface area contributed by atoms with E-state index < -0.39 is 0 Å². The molecule has 108 valence electrons. The largest absolute Gasteiger partial charge is 0.437 e. The summed E-state index contributed by atoms with van der Waals surface area (Å²) >= 11 is 1.47. The van der Waals surface area contributed by atoms with Crippen LogP contribution in [0.3, 0.4) is 0 Å². The second-order valence-electron chi connectivity index (χ2n) is 5.82. The molecule has 21 heavy (non-hydrogen) atoms. The molecule has 0 fully saturated rings. The van der Waals surface area contributed by atoms with Crippen LogP contribution in [0.5, 0.6) is 11.6 Å². The van der Waals surface area contributed by atoms with E-state index in [0.717, 1.165) is 22.6 Å². The predicted molar refractivity (Wildman–Crippen MR) is 83.7 cm³/mol. The number of fused-ring (bicyclic) bond motifs is 1. The zero-order valence-corrected chi connectivity index (χ0v) is 13.0. The van der Waals surface area contributed by atoms with E-state index in [-0.39, 0.29) is 5.41 Å². The minimum absolute atomic E-state index is 0.0466. The third-order valence-electron chi connectivity index (χ3n) is 3.28. The van der Waals surface area contributed by atoms with Crippen LogP contribution in [0, 0.1) is 0 Å². The first-order chi connectivity index (χ1) is 10.0. The highest BCUT2D eigenvalue weighted by Gasteiger charge is 2.21. The highest BCUT2D eigenvalue weighted by atomic mass is 32.1. The Morgan fingerprint density at radius 3 is 2.76 bits per heavy atom. The van der Waals surface area contributed by atoms with Gasteiger partial charge in [-0.25, -0.2) is 0 Å². The van der Waals surface area contributed by atoms with Crippen molar-refractivity contribution in [1.82, 2.24) is 9.38 Å². The number of carbonyl (C=O) groups excluding carboxylic acids is 1. The van der Waals surface area contributed by atoms with Gasteiger partial charge in [-0.2, -0.15) is 4.98 Å². The number of nitrogens with zero attached hydrogens (tertiary/aromatic N) is 2. The highest BCUT2D eigenvalue weighted by Crippen LogP contribution is 2.35.